The maximum absolute atomic E-state index is 12.3. The van der Waals surface area contributed by atoms with Gasteiger partial charge in [0, 0.05) is 38.2 Å². The average molecular weight is 233 g/mol. The summed E-state index contributed by atoms with van der Waals surface area (Å²) < 4.78 is 0. The van der Waals surface area contributed by atoms with Crippen LogP contribution < -0.4 is 5.32 Å². The number of nitrogens with one attached hydrogen (secondary N) is 1. The second-order valence-corrected chi connectivity index (χ2v) is 4.67. The molecule has 0 aliphatic heterocycles. The van der Waals surface area contributed by atoms with E-state index in [1.807, 2.05) is 25.1 Å². The van der Waals surface area contributed by atoms with Crippen LogP contribution in [0.2, 0.25) is 0 Å². The monoisotopic (exact) mass is 233 g/mol. The Labute approximate surface area is 102 Å². The molecule has 1 aliphatic carbocycles. The van der Waals surface area contributed by atoms with Gasteiger partial charge in [0.1, 0.15) is 0 Å². The van der Waals surface area contributed by atoms with Crippen LogP contribution >= 0.6 is 0 Å². The molecule has 0 aromatic carbocycles. The molecule has 92 valence electrons. The largest absolute Gasteiger partial charge is 0.387 e. The van der Waals surface area contributed by atoms with E-state index in [1.54, 1.807) is 12.4 Å². The van der Waals surface area contributed by atoms with Gasteiger partial charge in [0.05, 0.1) is 5.56 Å². The predicted molar refractivity (Wildman–Crippen MR) is 68.1 cm³/mol. The molecule has 1 unspecified atom stereocenters. The zero-order valence-corrected chi connectivity index (χ0v) is 10.6. The van der Waals surface area contributed by atoms with Crippen molar-refractivity contribution >= 4 is 11.6 Å². The van der Waals surface area contributed by atoms with Crippen LogP contribution in [0.4, 0.5) is 5.69 Å². The molecule has 0 saturated heterocycles. The molecule has 17 heavy (non-hydrogen) atoms. The highest BCUT2D eigenvalue weighted by atomic mass is 16.2. The van der Waals surface area contributed by atoms with Crippen LogP contribution in [0.3, 0.4) is 0 Å². The van der Waals surface area contributed by atoms with Crippen LogP contribution in [0.15, 0.2) is 18.5 Å². The van der Waals surface area contributed by atoms with Crippen LogP contribution in [0, 0.1) is 5.92 Å². The first-order chi connectivity index (χ1) is 8.15. The lowest BCUT2D eigenvalue weighted by atomic mass is 10.1. The lowest BCUT2D eigenvalue weighted by molar-refractivity contribution is 0.0728. The smallest absolute Gasteiger partial charge is 0.257 e. The lowest BCUT2D eigenvalue weighted by Gasteiger charge is -2.25. The van der Waals surface area contributed by atoms with Crippen molar-refractivity contribution in [2.24, 2.45) is 5.92 Å². The zero-order valence-electron chi connectivity index (χ0n) is 10.6. The molecule has 2 rings (SSSR count). The van der Waals surface area contributed by atoms with Gasteiger partial charge in [-0.1, -0.05) is 0 Å². The van der Waals surface area contributed by atoms with Crippen molar-refractivity contribution in [3.05, 3.63) is 24.0 Å². The maximum atomic E-state index is 12.3. The average Bonchev–Trinajstić information content (AvgIpc) is 3.20. The van der Waals surface area contributed by atoms with Gasteiger partial charge in [-0.2, -0.15) is 0 Å². The minimum Gasteiger partial charge on any atom is -0.387 e. The standard InChI is InChI=1S/C13H19N3O/c1-9(10-4-5-10)16(3)13(17)11-8-15-7-6-12(11)14-2/h6-10H,4-5H2,1-3H3,(H,14,15). The molecule has 1 aliphatic rings. The molecule has 4 heteroatoms. The Morgan fingerprint density at radius 2 is 2.29 bits per heavy atom. The fourth-order valence-corrected chi connectivity index (χ4v) is 2.05. The SMILES string of the molecule is CNc1ccncc1C(=O)N(C)C(C)C1CC1. The van der Waals surface area contributed by atoms with Gasteiger partial charge in [0.15, 0.2) is 0 Å². The Hall–Kier alpha value is -1.58. The van der Waals surface area contributed by atoms with Crippen LogP contribution in [-0.4, -0.2) is 35.9 Å². The van der Waals surface area contributed by atoms with Crippen molar-refractivity contribution in [2.45, 2.75) is 25.8 Å². The number of hydrogen-bond donors (Lipinski definition) is 1. The summed E-state index contributed by atoms with van der Waals surface area (Å²) in [7, 11) is 3.69. The van der Waals surface area contributed by atoms with Gasteiger partial charge >= 0.3 is 0 Å². The molecule has 0 spiro atoms. The highest BCUT2D eigenvalue weighted by molar-refractivity contribution is 5.99. The Balaban J connectivity index is 2.17. The van der Waals surface area contributed by atoms with Gasteiger partial charge in [-0.15, -0.1) is 0 Å². The van der Waals surface area contributed by atoms with Gasteiger partial charge in [0.2, 0.25) is 0 Å². The fraction of sp³-hybridized carbons (Fsp3) is 0.538. The Morgan fingerprint density at radius 1 is 1.59 bits per heavy atom. The highest BCUT2D eigenvalue weighted by Gasteiger charge is 2.33. The van der Waals surface area contributed by atoms with E-state index >= 15 is 0 Å². The number of nitrogens with zero attached hydrogens (tertiary/aromatic N) is 2. The lowest BCUT2D eigenvalue weighted by Crippen LogP contribution is -2.36. The van der Waals surface area contributed by atoms with Gasteiger partial charge in [0.25, 0.3) is 5.91 Å². The van der Waals surface area contributed by atoms with Crippen molar-refractivity contribution in [3.63, 3.8) is 0 Å². The second-order valence-electron chi connectivity index (χ2n) is 4.67. The van der Waals surface area contributed by atoms with Crippen molar-refractivity contribution in [3.8, 4) is 0 Å². The Morgan fingerprint density at radius 3 is 2.88 bits per heavy atom. The first kappa shape index (κ1) is 11.9. The molecule has 1 amide bonds. The quantitative estimate of drug-likeness (QED) is 0.865. The summed E-state index contributed by atoms with van der Waals surface area (Å²) in [5.41, 5.74) is 1.48. The minimum atomic E-state index is 0.0434. The molecule has 1 fully saturated rings. The number of rotatable bonds is 4. The number of hydrogen-bond acceptors (Lipinski definition) is 3. The molecule has 4 nitrogen and oxygen atoms in total. The van der Waals surface area contributed by atoms with Crippen molar-refractivity contribution < 1.29 is 4.79 Å². The van der Waals surface area contributed by atoms with Gasteiger partial charge in [-0.25, -0.2) is 0 Å². The molecule has 0 radical (unpaired) electrons. The Kier molecular flexibility index (Phi) is 3.31. The molecular weight excluding hydrogens is 214 g/mol. The van der Waals surface area contributed by atoms with E-state index < -0.39 is 0 Å². The van der Waals surface area contributed by atoms with E-state index in [9.17, 15) is 4.79 Å². The molecule has 1 N–H and O–H groups in total. The third-order valence-corrected chi connectivity index (χ3v) is 3.56. The predicted octanol–water partition coefficient (Wildman–Crippen LogP) is 1.99. The van der Waals surface area contributed by atoms with Crippen molar-refractivity contribution in [1.29, 1.82) is 0 Å². The topological polar surface area (TPSA) is 45.2 Å². The van der Waals surface area contributed by atoms with E-state index in [2.05, 4.69) is 17.2 Å². The Bertz CT molecular complexity index is 415. The molecular formula is C13H19N3O. The number of aromatic nitrogens is 1. The summed E-state index contributed by atoms with van der Waals surface area (Å²) in [6.07, 6.45) is 5.80. The van der Waals surface area contributed by atoms with E-state index in [-0.39, 0.29) is 5.91 Å². The van der Waals surface area contributed by atoms with E-state index in [1.165, 1.54) is 12.8 Å². The van der Waals surface area contributed by atoms with Gasteiger partial charge in [-0.05, 0) is 31.7 Å². The van der Waals surface area contributed by atoms with Crippen LogP contribution in [0.1, 0.15) is 30.1 Å². The summed E-state index contributed by atoms with van der Waals surface area (Å²) in [4.78, 5) is 18.2. The second kappa shape index (κ2) is 4.73. The number of pyridine rings is 1. The molecule has 1 aromatic heterocycles. The van der Waals surface area contributed by atoms with Crippen LogP contribution in [0.5, 0.6) is 0 Å². The highest BCUT2D eigenvalue weighted by Crippen LogP contribution is 2.35. The summed E-state index contributed by atoms with van der Waals surface area (Å²) >= 11 is 0. The first-order valence-corrected chi connectivity index (χ1v) is 6.04. The number of amides is 1. The first-order valence-electron chi connectivity index (χ1n) is 6.04. The third kappa shape index (κ3) is 2.40. The summed E-state index contributed by atoms with van der Waals surface area (Å²) in [6.45, 7) is 2.12. The molecule has 1 heterocycles. The minimum absolute atomic E-state index is 0.0434. The van der Waals surface area contributed by atoms with Crippen LogP contribution in [-0.2, 0) is 0 Å². The number of anilines is 1. The van der Waals surface area contributed by atoms with Crippen molar-refractivity contribution in [1.82, 2.24) is 9.88 Å². The zero-order chi connectivity index (χ0) is 12.4. The number of carbonyl (C=O) groups is 1. The maximum Gasteiger partial charge on any atom is 0.257 e. The van der Waals surface area contributed by atoms with Gasteiger partial charge in [-0.3, -0.25) is 9.78 Å². The van der Waals surface area contributed by atoms with E-state index in [4.69, 9.17) is 0 Å². The van der Waals surface area contributed by atoms with Crippen molar-refractivity contribution in [2.75, 3.05) is 19.4 Å². The van der Waals surface area contributed by atoms with Gasteiger partial charge < -0.3 is 10.2 Å². The normalized spacial score (nSPS) is 16.4. The van der Waals surface area contributed by atoms with E-state index in [0.717, 1.165) is 5.69 Å². The molecule has 1 aromatic rings. The van der Waals surface area contributed by atoms with E-state index in [0.29, 0.717) is 17.5 Å². The molecule has 1 atom stereocenters. The fourth-order valence-electron chi connectivity index (χ4n) is 2.05. The van der Waals surface area contributed by atoms with Crippen LogP contribution in [0.25, 0.3) is 0 Å². The number of carbonyl (C=O) groups excluding carboxylic acids is 1. The molecule has 0 bridgehead atoms. The molecule has 1 saturated carbocycles. The summed E-state index contributed by atoms with van der Waals surface area (Å²) in [6, 6.07) is 2.13. The third-order valence-electron chi connectivity index (χ3n) is 3.56. The summed E-state index contributed by atoms with van der Waals surface area (Å²) in [5, 5.41) is 3.03. The summed E-state index contributed by atoms with van der Waals surface area (Å²) in [5.74, 6) is 0.723.